The highest BCUT2D eigenvalue weighted by atomic mass is 32.2. The van der Waals surface area contributed by atoms with E-state index in [0.717, 1.165) is 18.4 Å². The Labute approximate surface area is 145 Å². The van der Waals surface area contributed by atoms with Gasteiger partial charge in [-0.3, -0.25) is 4.79 Å². The number of hydrogen-bond donors (Lipinski definition) is 0. The van der Waals surface area contributed by atoms with Gasteiger partial charge in [0, 0.05) is 17.6 Å². The van der Waals surface area contributed by atoms with E-state index in [1.54, 1.807) is 18.3 Å². The summed E-state index contributed by atoms with van der Waals surface area (Å²) in [4.78, 5) is 18.7. The SMILES string of the molecule is C[C@@H]1CCC[C@H](C)N1C(=O)CSc1ncc(-c2ccc(F)cc2)o1. The zero-order valence-corrected chi connectivity index (χ0v) is 14.7. The Morgan fingerprint density at radius 1 is 1.29 bits per heavy atom. The summed E-state index contributed by atoms with van der Waals surface area (Å²) in [6.07, 6.45) is 4.91. The fourth-order valence-corrected chi connectivity index (χ4v) is 3.86. The van der Waals surface area contributed by atoms with Crippen molar-refractivity contribution >= 4 is 17.7 Å². The monoisotopic (exact) mass is 348 g/mol. The number of nitrogens with zero attached hydrogens (tertiary/aromatic N) is 2. The van der Waals surface area contributed by atoms with Crippen LogP contribution in [-0.2, 0) is 4.79 Å². The number of piperidine rings is 1. The van der Waals surface area contributed by atoms with Crippen LogP contribution in [-0.4, -0.2) is 33.6 Å². The predicted molar refractivity (Wildman–Crippen MR) is 92.2 cm³/mol. The van der Waals surface area contributed by atoms with E-state index in [4.69, 9.17) is 4.42 Å². The van der Waals surface area contributed by atoms with Crippen molar-refractivity contribution in [1.29, 1.82) is 0 Å². The van der Waals surface area contributed by atoms with Crippen LogP contribution in [0.3, 0.4) is 0 Å². The van der Waals surface area contributed by atoms with Crippen LogP contribution in [0.4, 0.5) is 4.39 Å². The zero-order chi connectivity index (χ0) is 17.1. The Kier molecular flexibility index (Phi) is 5.23. The van der Waals surface area contributed by atoms with Crippen molar-refractivity contribution in [3.05, 3.63) is 36.3 Å². The minimum Gasteiger partial charge on any atom is -0.431 e. The fraction of sp³-hybridized carbons (Fsp3) is 0.444. The molecule has 1 aromatic heterocycles. The Bertz CT molecular complexity index is 691. The fourth-order valence-electron chi connectivity index (χ4n) is 3.18. The third-order valence-electron chi connectivity index (χ3n) is 4.41. The van der Waals surface area contributed by atoms with Gasteiger partial charge in [-0.2, -0.15) is 0 Å². The van der Waals surface area contributed by atoms with E-state index in [9.17, 15) is 9.18 Å². The van der Waals surface area contributed by atoms with Crippen molar-refractivity contribution in [2.75, 3.05) is 5.75 Å². The number of carbonyl (C=O) groups excluding carboxylic acids is 1. The van der Waals surface area contributed by atoms with Crippen molar-refractivity contribution in [2.24, 2.45) is 0 Å². The summed E-state index contributed by atoms with van der Waals surface area (Å²) in [6, 6.07) is 6.64. The molecule has 2 atom stereocenters. The molecule has 24 heavy (non-hydrogen) atoms. The third-order valence-corrected chi connectivity index (χ3v) is 5.24. The molecule has 0 radical (unpaired) electrons. The average Bonchev–Trinajstić information content (AvgIpc) is 3.02. The molecule has 0 bridgehead atoms. The highest BCUT2D eigenvalue weighted by Gasteiger charge is 2.28. The van der Waals surface area contributed by atoms with E-state index >= 15 is 0 Å². The first kappa shape index (κ1) is 17.0. The Morgan fingerprint density at radius 2 is 1.96 bits per heavy atom. The van der Waals surface area contributed by atoms with Crippen LogP contribution in [0.2, 0.25) is 0 Å². The zero-order valence-electron chi connectivity index (χ0n) is 13.9. The number of likely N-dealkylation sites (tertiary alicyclic amines) is 1. The van der Waals surface area contributed by atoms with Gasteiger partial charge in [-0.25, -0.2) is 9.37 Å². The summed E-state index contributed by atoms with van der Waals surface area (Å²) >= 11 is 1.30. The standard InChI is InChI=1S/C18H21FN2O2S/c1-12-4-3-5-13(2)21(12)17(22)11-24-18-20-10-16(23-18)14-6-8-15(19)9-7-14/h6-10,12-13H,3-5,11H2,1-2H3/t12-,13+. The van der Waals surface area contributed by atoms with E-state index in [1.165, 1.54) is 30.3 Å². The first-order chi connectivity index (χ1) is 11.5. The molecule has 128 valence electrons. The molecule has 0 N–H and O–H groups in total. The predicted octanol–water partition coefficient (Wildman–Crippen LogP) is 4.36. The molecule has 1 amide bonds. The van der Waals surface area contributed by atoms with Gasteiger partial charge in [0.2, 0.25) is 5.91 Å². The molecule has 1 aromatic carbocycles. The largest absolute Gasteiger partial charge is 0.431 e. The number of rotatable bonds is 4. The normalized spacial score (nSPS) is 21.0. The van der Waals surface area contributed by atoms with Gasteiger partial charge in [-0.15, -0.1) is 0 Å². The van der Waals surface area contributed by atoms with Crippen LogP contribution in [0.5, 0.6) is 0 Å². The lowest BCUT2D eigenvalue weighted by molar-refractivity contribution is -0.134. The van der Waals surface area contributed by atoms with Gasteiger partial charge < -0.3 is 9.32 Å². The van der Waals surface area contributed by atoms with E-state index in [1.807, 2.05) is 4.90 Å². The van der Waals surface area contributed by atoms with Crippen molar-refractivity contribution in [1.82, 2.24) is 9.88 Å². The summed E-state index contributed by atoms with van der Waals surface area (Å²) in [7, 11) is 0. The summed E-state index contributed by atoms with van der Waals surface area (Å²) in [5.41, 5.74) is 0.764. The Balaban J connectivity index is 1.61. The van der Waals surface area contributed by atoms with Crippen molar-refractivity contribution in [3.63, 3.8) is 0 Å². The molecule has 0 spiro atoms. The number of benzene rings is 1. The molecule has 0 aliphatic carbocycles. The minimum absolute atomic E-state index is 0.126. The summed E-state index contributed by atoms with van der Waals surface area (Å²) in [5.74, 6) is 0.729. The maximum atomic E-state index is 13.0. The highest BCUT2D eigenvalue weighted by molar-refractivity contribution is 7.99. The van der Waals surface area contributed by atoms with Gasteiger partial charge in [0.15, 0.2) is 5.76 Å². The highest BCUT2D eigenvalue weighted by Crippen LogP contribution is 2.28. The van der Waals surface area contributed by atoms with E-state index in [-0.39, 0.29) is 11.7 Å². The maximum absolute atomic E-state index is 13.0. The lowest BCUT2D eigenvalue weighted by Crippen LogP contribution is -2.48. The molecule has 0 saturated carbocycles. The lowest BCUT2D eigenvalue weighted by atomic mass is 9.98. The summed E-state index contributed by atoms with van der Waals surface area (Å²) in [6.45, 7) is 4.21. The van der Waals surface area contributed by atoms with Gasteiger partial charge in [0.05, 0.1) is 11.9 Å². The number of oxazole rings is 1. The second-order valence-electron chi connectivity index (χ2n) is 6.22. The Morgan fingerprint density at radius 3 is 2.62 bits per heavy atom. The molecule has 3 rings (SSSR count). The van der Waals surface area contributed by atoms with Crippen molar-refractivity contribution in [3.8, 4) is 11.3 Å². The van der Waals surface area contributed by atoms with Crippen LogP contribution in [0, 0.1) is 5.82 Å². The van der Waals surface area contributed by atoms with E-state index in [0.29, 0.717) is 28.8 Å². The second kappa shape index (κ2) is 7.38. The van der Waals surface area contributed by atoms with Gasteiger partial charge in [0.1, 0.15) is 5.82 Å². The lowest BCUT2D eigenvalue weighted by Gasteiger charge is -2.39. The van der Waals surface area contributed by atoms with Crippen molar-refractivity contribution in [2.45, 2.75) is 50.4 Å². The third kappa shape index (κ3) is 3.80. The van der Waals surface area contributed by atoms with E-state index in [2.05, 4.69) is 18.8 Å². The molecule has 2 heterocycles. The molecule has 1 saturated heterocycles. The number of aromatic nitrogens is 1. The minimum atomic E-state index is -0.289. The van der Waals surface area contributed by atoms with Crippen LogP contribution in [0.1, 0.15) is 33.1 Å². The molecular weight excluding hydrogens is 327 g/mol. The second-order valence-corrected chi connectivity index (χ2v) is 7.14. The maximum Gasteiger partial charge on any atom is 0.256 e. The topological polar surface area (TPSA) is 46.3 Å². The molecule has 1 aliphatic heterocycles. The average molecular weight is 348 g/mol. The molecule has 6 heteroatoms. The molecule has 1 fully saturated rings. The summed E-state index contributed by atoms with van der Waals surface area (Å²) in [5, 5.41) is 0.458. The Hall–Kier alpha value is -1.82. The quantitative estimate of drug-likeness (QED) is 0.770. The number of amides is 1. The summed E-state index contributed by atoms with van der Waals surface area (Å²) < 4.78 is 18.6. The van der Waals surface area contributed by atoms with Gasteiger partial charge in [-0.1, -0.05) is 11.8 Å². The molecule has 0 unspecified atom stereocenters. The molecule has 1 aliphatic rings. The smallest absolute Gasteiger partial charge is 0.256 e. The number of hydrogen-bond acceptors (Lipinski definition) is 4. The van der Waals surface area contributed by atoms with Crippen LogP contribution in [0.15, 0.2) is 40.1 Å². The van der Waals surface area contributed by atoms with Gasteiger partial charge in [0.25, 0.3) is 5.22 Å². The molecular formula is C18H21FN2O2S. The van der Waals surface area contributed by atoms with Crippen molar-refractivity contribution < 1.29 is 13.6 Å². The first-order valence-electron chi connectivity index (χ1n) is 8.20. The first-order valence-corrected chi connectivity index (χ1v) is 9.19. The van der Waals surface area contributed by atoms with Crippen LogP contribution >= 0.6 is 11.8 Å². The number of thioether (sulfide) groups is 1. The molecule has 4 nitrogen and oxygen atoms in total. The van der Waals surface area contributed by atoms with Crippen LogP contribution < -0.4 is 0 Å². The van der Waals surface area contributed by atoms with Gasteiger partial charge >= 0.3 is 0 Å². The number of halogens is 1. The van der Waals surface area contributed by atoms with E-state index < -0.39 is 0 Å². The van der Waals surface area contributed by atoms with Crippen LogP contribution in [0.25, 0.3) is 11.3 Å². The molecule has 2 aromatic rings. The van der Waals surface area contributed by atoms with Gasteiger partial charge in [-0.05, 0) is 57.4 Å². The number of carbonyl (C=O) groups is 1.